The second kappa shape index (κ2) is 5.40. The molecule has 0 saturated heterocycles. The van der Waals surface area contributed by atoms with Gasteiger partial charge in [-0.25, -0.2) is 19.2 Å². The summed E-state index contributed by atoms with van der Waals surface area (Å²) in [4.78, 5) is 33.0. The zero-order valence-electron chi connectivity index (χ0n) is 13.3. The van der Waals surface area contributed by atoms with Crippen molar-refractivity contribution in [3.8, 4) is 17.1 Å². The number of hydrogen-bond donors (Lipinski definition) is 1. The van der Waals surface area contributed by atoms with Crippen LogP contribution < -0.4 is 21.8 Å². The molecule has 0 aromatic carbocycles. The topological polar surface area (TPSA) is 105 Å². The minimum Gasteiger partial charge on any atom is -0.494 e. The Hall–Kier alpha value is -3.23. The molecule has 1 aliphatic rings. The van der Waals surface area contributed by atoms with Gasteiger partial charge >= 0.3 is 5.69 Å². The molecule has 128 valence electrons. The van der Waals surface area contributed by atoms with Crippen molar-refractivity contribution in [2.75, 3.05) is 13.0 Å². The van der Waals surface area contributed by atoms with E-state index in [0.29, 0.717) is 10.2 Å². The first-order valence-corrected chi connectivity index (χ1v) is 7.64. The number of nitrogen functional groups attached to an aromatic ring is 1. The quantitative estimate of drug-likeness (QED) is 0.701. The highest BCUT2D eigenvalue weighted by molar-refractivity contribution is 5.79. The third-order valence-corrected chi connectivity index (χ3v) is 4.26. The molecule has 1 saturated carbocycles. The van der Waals surface area contributed by atoms with Crippen LogP contribution >= 0.6 is 0 Å². The first-order valence-electron chi connectivity index (χ1n) is 7.64. The van der Waals surface area contributed by atoms with Gasteiger partial charge in [-0.15, -0.1) is 0 Å². The van der Waals surface area contributed by atoms with Crippen molar-refractivity contribution >= 4 is 5.52 Å². The summed E-state index contributed by atoms with van der Waals surface area (Å²) in [6.07, 6.45) is 5.51. The van der Waals surface area contributed by atoms with E-state index in [4.69, 9.17) is 10.6 Å². The van der Waals surface area contributed by atoms with Crippen LogP contribution in [0.5, 0.6) is 5.75 Å². The minimum absolute atomic E-state index is 0.00132. The van der Waals surface area contributed by atoms with E-state index in [1.54, 1.807) is 6.07 Å². The van der Waals surface area contributed by atoms with Gasteiger partial charge in [-0.2, -0.15) is 4.68 Å². The molecular weight excluding hydrogens is 329 g/mol. The molecule has 8 nitrogen and oxygen atoms in total. The van der Waals surface area contributed by atoms with E-state index >= 15 is 0 Å². The summed E-state index contributed by atoms with van der Waals surface area (Å²) in [6, 6.07) is 1.60. The number of nitrogens with two attached hydrogens (primary N) is 1. The van der Waals surface area contributed by atoms with Crippen LogP contribution in [0, 0.1) is 5.82 Å². The highest BCUT2D eigenvalue weighted by atomic mass is 19.1. The number of pyridine rings is 1. The van der Waals surface area contributed by atoms with Gasteiger partial charge < -0.3 is 10.6 Å². The van der Waals surface area contributed by atoms with Gasteiger partial charge in [0.1, 0.15) is 11.1 Å². The summed E-state index contributed by atoms with van der Waals surface area (Å²) >= 11 is 0. The van der Waals surface area contributed by atoms with Crippen molar-refractivity contribution in [1.82, 2.24) is 19.0 Å². The molecule has 0 amide bonds. The van der Waals surface area contributed by atoms with E-state index in [2.05, 4.69) is 9.97 Å². The molecule has 0 spiro atoms. The van der Waals surface area contributed by atoms with Crippen LogP contribution in [0.4, 0.5) is 4.39 Å². The molecule has 3 aromatic heterocycles. The van der Waals surface area contributed by atoms with Crippen LogP contribution in [0.15, 0.2) is 34.2 Å². The Morgan fingerprint density at radius 3 is 2.56 bits per heavy atom. The Morgan fingerprint density at radius 1 is 1.28 bits per heavy atom. The molecule has 0 bridgehead atoms. The van der Waals surface area contributed by atoms with Crippen LogP contribution in [0.2, 0.25) is 0 Å². The summed E-state index contributed by atoms with van der Waals surface area (Å²) in [7, 11) is 1.34. The number of methoxy groups -OCH3 is 1. The minimum atomic E-state index is -0.845. The average Bonchev–Trinajstić information content (AvgIpc) is 3.45. The standard InChI is InChI=1S/C16H14FN5O3/c1-25-13-11(14-19-5-2-6-20-14)9(17)7-21-12(13)10(8-3-4-8)15(23)22(18)16(21)24/h2,5-8H,3-4,18H2,1H3. The van der Waals surface area contributed by atoms with Crippen molar-refractivity contribution in [1.29, 1.82) is 0 Å². The van der Waals surface area contributed by atoms with Crippen LogP contribution in [0.3, 0.4) is 0 Å². The van der Waals surface area contributed by atoms with E-state index in [9.17, 15) is 14.0 Å². The Labute approximate surface area is 140 Å². The molecule has 2 N–H and O–H groups in total. The summed E-state index contributed by atoms with van der Waals surface area (Å²) in [5, 5.41) is 0. The fraction of sp³-hybridized carbons (Fsp3) is 0.250. The number of hydrogen-bond acceptors (Lipinski definition) is 6. The monoisotopic (exact) mass is 343 g/mol. The van der Waals surface area contributed by atoms with Crippen LogP contribution in [-0.4, -0.2) is 26.2 Å². The van der Waals surface area contributed by atoms with Crippen molar-refractivity contribution < 1.29 is 9.13 Å². The van der Waals surface area contributed by atoms with Gasteiger partial charge in [-0.3, -0.25) is 9.20 Å². The summed E-state index contributed by atoms with van der Waals surface area (Å²) < 4.78 is 21.7. The van der Waals surface area contributed by atoms with Crippen LogP contribution in [-0.2, 0) is 0 Å². The third kappa shape index (κ3) is 2.19. The fourth-order valence-corrected chi connectivity index (χ4v) is 2.99. The lowest BCUT2D eigenvalue weighted by Crippen LogP contribution is -2.44. The van der Waals surface area contributed by atoms with Crippen molar-refractivity contribution in [2.45, 2.75) is 18.8 Å². The zero-order valence-corrected chi connectivity index (χ0v) is 13.3. The maximum atomic E-state index is 14.8. The highest BCUT2D eigenvalue weighted by Gasteiger charge is 2.33. The maximum absolute atomic E-state index is 14.8. The van der Waals surface area contributed by atoms with Gasteiger partial charge in [-0.05, 0) is 24.8 Å². The summed E-state index contributed by atoms with van der Waals surface area (Å²) in [5.74, 6) is 4.94. The van der Waals surface area contributed by atoms with Gasteiger partial charge in [0.15, 0.2) is 17.4 Å². The highest BCUT2D eigenvalue weighted by Crippen LogP contribution is 2.44. The predicted molar refractivity (Wildman–Crippen MR) is 87.6 cm³/mol. The second-order valence-electron chi connectivity index (χ2n) is 5.82. The van der Waals surface area contributed by atoms with Gasteiger partial charge in [0, 0.05) is 12.4 Å². The molecule has 0 unspecified atom stereocenters. The van der Waals surface area contributed by atoms with E-state index in [1.807, 2.05) is 0 Å². The fourth-order valence-electron chi connectivity index (χ4n) is 2.99. The molecule has 1 aliphatic carbocycles. The van der Waals surface area contributed by atoms with Crippen LogP contribution in [0.25, 0.3) is 16.9 Å². The number of aromatic nitrogens is 4. The Kier molecular flexibility index (Phi) is 3.31. The zero-order chi connectivity index (χ0) is 17.7. The molecular formula is C16H14FN5O3. The molecule has 3 aromatic rings. The predicted octanol–water partition coefficient (Wildman–Crippen LogP) is 0.657. The first-order chi connectivity index (χ1) is 12.0. The molecule has 4 rings (SSSR count). The van der Waals surface area contributed by atoms with E-state index < -0.39 is 17.1 Å². The molecule has 0 radical (unpaired) electrons. The van der Waals surface area contributed by atoms with E-state index in [1.165, 1.54) is 19.5 Å². The van der Waals surface area contributed by atoms with Gasteiger partial charge in [0.25, 0.3) is 5.56 Å². The van der Waals surface area contributed by atoms with Crippen LogP contribution in [0.1, 0.15) is 24.3 Å². The number of rotatable bonds is 3. The molecule has 0 atom stereocenters. The normalized spacial score (nSPS) is 14.0. The van der Waals surface area contributed by atoms with Gasteiger partial charge in [0.05, 0.1) is 18.9 Å². The molecule has 0 aliphatic heterocycles. The lowest BCUT2D eigenvalue weighted by Gasteiger charge is -2.16. The SMILES string of the molecule is COc1c(-c2ncccn2)c(F)cn2c(=O)n(N)c(=O)c(C3CC3)c12. The van der Waals surface area contributed by atoms with Gasteiger partial charge in [-0.1, -0.05) is 0 Å². The van der Waals surface area contributed by atoms with Crippen molar-refractivity contribution in [3.05, 3.63) is 56.9 Å². The molecule has 3 heterocycles. The summed E-state index contributed by atoms with van der Waals surface area (Å²) in [5.41, 5.74) is -0.889. The second-order valence-corrected chi connectivity index (χ2v) is 5.82. The molecule has 1 fully saturated rings. The molecule has 9 heteroatoms. The Morgan fingerprint density at radius 2 is 1.96 bits per heavy atom. The lowest BCUT2D eigenvalue weighted by atomic mass is 10.1. The first kappa shape index (κ1) is 15.3. The largest absolute Gasteiger partial charge is 0.494 e. The number of nitrogens with zero attached hydrogens (tertiary/aromatic N) is 4. The number of halogens is 1. The van der Waals surface area contributed by atoms with Crippen molar-refractivity contribution in [3.63, 3.8) is 0 Å². The number of ether oxygens (including phenoxy) is 1. The van der Waals surface area contributed by atoms with E-state index in [0.717, 1.165) is 23.4 Å². The smallest absolute Gasteiger partial charge is 0.354 e. The maximum Gasteiger partial charge on any atom is 0.354 e. The third-order valence-electron chi connectivity index (χ3n) is 4.26. The Balaban J connectivity index is 2.23. The summed E-state index contributed by atoms with van der Waals surface area (Å²) in [6.45, 7) is 0. The molecule has 25 heavy (non-hydrogen) atoms. The average molecular weight is 343 g/mol. The van der Waals surface area contributed by atoms with Gasteiger partial charge in [0.2, 0.25) is 0 Å². The lowest BCUT2D eigenvalue weighted by molar-refractivity contribution is 0.414. The number of fused-ring (bicyclic) bond motifs is 1. The Bertz CT molecular complexity index is 1100. The van der Waals surface area contributed by atoms with E-state index in [-0.39, 0.29) is 28.6 Å². The van der Waals surface area contributed by atoms with Crippen molar-refractivity contribution in [2.24, 2.45) is 0 Å².